The van der Waals surface area contributed by atoms with E-state index < -0.39 is 10.8 Å². The number of para-hydroxylation sites is 2. The van der Waals surface area contributed by atoms with Gasteiger partial charge in [0, 0.05) is 5.70 Å². The van der Waals surface area contributed by atoms with Gasteiger partial charge >= 0.3 is 0 Å². The van der Waals surface area contributed by atoms with Crippen molar-refractivity contribution < 1.29 is 0 Å². The number of fused-ring (bicyclic) bond motifs is 6. The summed E-state index contributed by atoms with van der Waals surface area (Å²) in [5.74, 6) is 0. The standard InChI is InChI=1S/C63H46N2/c1-4-18-43(19-5-1)44-38-40-51(41-39-44)65-59-33-15-14-32-58(59)64-61(65)46-36-34-45(35-37-46)47-20-16-25-50(42-47)62(48-21-6-2-7-22-48)55-29-12-13-30-56(55)63(49-23-8-3-9-24-49)54-28-11-10-26-52(54)53-27-17-31-57(62)60(53)63/h1-38,40,42,61,64H,39,41H2. The Morgan fingerprint density at radius 1 is 0.400 bits per heavy atom. The molecule has 1 heterocycles. The first-order valence-corrected chi connectivity index (χ1v) is 23.0. The molecule has 2 nitrogen and oxygen atoms in total. The van der Waals surface area contributed by atoms with Gasteiger partial charge in [-0.15, -0.1) is 0 Å². The van der Waals surface area contributed by atoms with Crippen molar-refractivity contribution in [1.82, 2.24) is 0 Å². The van der Waals surface area contributed by atoms with E-state index in [9.17, 15) is 0 Å². The summed E-state index contributed by atoms with van der Waals surface area (Å²) in [7, 11) is 0. The lowest BCUT2D eigenvalue weighted by Crippen LogP contribution is -2.44. The van der Waals surface area contributed by atoms with Gasteiger partial charge in [0.2, 0.25) is 0 Å². The Morgan fingerprint density at radius 3 is 1.71 bits per heavy atom. The minimum atomic E-state index is -0.595. The van der Waals surface area contributed by atoms with Gasteiger partial charge in [0.25, 0.3) is 0 Å². The SMILES string of the molecule is C1=C(c2ccccc2)CCC(N2c3ccccc3NC2c2ccc(-c3cccc(C4(c5ccccc5)c5ccccc5C5(c6ccccc6)c6ccccc6-c6cccc4c65)c3)cc2)=C1. The van der Waals surface area contributed by atoms with E-state index in [4.69, 9.17) is 0 Å². The summed E-state index contributed by atoms with van der Waals surface area (Å²) in [6, 6.07) is 86.1. The number of hydrogen-bond donors (Lipinski definition) is 1. The Morgan fingerprint density at radius 2 is 0.969 bits per heavy atom. The molecule has 2 heteroatoms. The zero-order chi connectivity index (χ0) is 43.0. The third-order valence-corrected chi connectivity index (χ3v) is 14.8. The topological polar surface area (TPSA) is 15.3 Å². The second kappa shape index (κ2) is 14.8. The highest BCUT2D eigenvalue weighted by Crippen LogP contribution is 2.65. The quantitative estimate of drug-likeness (QED) is 0.172. The van der Waals surface area contributed by atoms with E-state index in [2.05, 4.69) is 253 Å². The van der Waals surface area contributed by atoms with Crippen LogP contribution in [0.2, 0.25) is 0 Å². The van der Waals surface area contributed by atoms with Crippen LogP contribution in [0.1, 0.15) is 74.6 Å². The molecule has 9 aromatic rings. The van der Waals surface area contributed by atoms with Gasteiger partial charge < -0.3 is 10.2 Å². The van der Waals surface area contributed by atoms with Gasteiger partial charge in [-0.25, -0.2) is 0 Å². The third kappa shape index (κ3) is 5.47. The summed E-state index contributed by atoms with van der Waals surface area (Å²) in [6.45, 7) is 0. The Hall–Kier alpha value is -7.94. The number of hydrogen-bond acceptors (Lipinski definition) is 2. The highest BCUT2D eigenvalue weighted by atomic mass is 15.3. The number of benzene rings is 9. The molecule has 0 bridgehead atoms. The predicted molar refractivity (Wildman–Crippen MR) is 268 cm³/mol. The minimum absolute atomic E-state index is 0.0139. The molecule has 0 saturated heterocycles. The summed E-state index contributed by atoms with van der Waals surface area (Å²) >= 11 is 0. The Balaban J connectivity index is 0.949. The van der Waals surface area contributed by atoms with Crippen molar-refractivity contribution in [2.24, 2.45) is 0 Å². The molecular weight excluding hydrogens is 785 g/mol. The molecule has 0 saturated carbocycles. The van der Waals surface area contributed by atoms with Crippen LogP contribution in [0.25, 0.3) is 27.8 Å². The average Bonchev–Trinajstić information content (AvgIpc) is 3.93. The largest absolute Gasteiger partial charge is 0.359 e. The van der Waals surface area contributed by atoms with E-state index in [1.165, 1.54) is 101 Å². The number of rotatable bonds is 7. The van der Waals surface area contributed by atoms with Crippen molar-refractivity contribution in [3.8, 4) is 22.3 Å². The van der Waals surface area contributed by atoms with E-state index in [0.717, 1.165) is 12.8 Å². The second-order valence-electron chi connectivity index (χ2n) is 17.9. The highest BCUT2D eigenvalue weighted by Gasteiger charge is 2.57. The molecule has 1 aliphatic heterocycles. The molecule has 0 amide bonds. The van der Waals surface area contributed by atoms with Crippen LogP contribution >= 0.6 is 0 Å². The van der Waals surface area contributed by atoms with Crippen LogP contribution in [-0.2, 0) is 10.8 Å². The summed E-state index contributed by atoms with van der Waals surface area (Å²) in [5.41, 5.74) is 22.2. The molecule has 3 unspecified atom stereocenters. The molecule has 3 aliphatic carbocycles. The van der Waals surface area contributed by atoms with Crippen molar-refractivity contribution in [1.29, 1.82) is 0 Å². The van der Waals surface area contributed by atoms with E-state index in [0.29, 0.717) is 0 Å². The number of nitrogens with one attached hydrogen (secondary N) is 1. The van der Waals surface area contributed by atoms with Crippen molar-refractivity contribution >= 4 is 16.9 Å². The number of allylic oxidation sites excluding steroid dienone is 4. The lowest BCUT2D eigenvalue weighted by molar-refractivity contribution is 0.627. The van der Waals surface area contributed by atoms with Gasteiger partial charge in [-0.2, -0.15) is 0 Å². The molecular formula is C63H46N2. The van der Waals surface area contributed by atoms with E-state index in [1.807, 2.05) is 0 Å². The van der Waals surface area contributed by atoms with Crippen LogP contribution in [0.5, 0.6) is 0 Å². The maximum Gasteiger partial charge on any atom is 0.130 e. The molecule has 65 heavy (non-hydrogen) atoms. The molecule has 13 rings (SSSR count). The molecule has 308 valence electrons. The van der Waals surface area contributed by atoms with Gasteiger partial charge in [0.05, 0.1) is 22.2 Å². The first-order valence-electron chi connectivity index (χ1n) is 23.0. The predicted octanol–water partition coefficient (Wildman–Crippen LogP) is 15.1. The monoisotopic (exact) mass is 830 g/mol. The van der Waals surface area contributed by atoms with Crippen LogP contribution in [0.3, 0.4) is 0 Å². The molecule has 3 atom stereocenters. The van der Waals surface area contributed by atoms with Gasteiger partial charge in [-0.3, -0.25) is 0 Å². The van der Waals surface area contributed by atoms with Gasteiger partial charge in [-0.05, 0) is 121 Å². The normalized spacial score (nSPS) is 19.8. The van der Waals surface area contributed by atoms with Crippen LogP contribution in [-0.4, -0.2) is 0 Å². The summed E-state index contributed by atoms with van der Waals surface area (Å²) in [4.78, 5) is 2.51. The fraction of sp³-hybridized carbons (Fsp3) is 0.0794. The summed E-state index contributed by atoms with van der Waals surface area (Å²) in [5, 5.41) is 3.89. The van der Waals surface area contributed by atoms with Crippen LogP contribution < -0.4 is 10.2 Å². The summed E-state index contributed by atoms with van der Waals surface area (Å²) in [6.07, 6.45) is 6.63. The van der Waals surface area contributed by atoms with Crippen molar-refractivity contribution in [2.45, 2.75) is 29.8 Å². The van der Waals surface area contributed by atoms with Gasteiger partial charge in [0.1, 0.15) is 6.17 Å². The molecule has 4 aliphatic rings. The first-order chi connectivity index (χ1) is 32.2. The molecule has 1 N–H and O–H groups in total. The Kier molecular flexibility index (Phi) is 8.58. The smallest absolute Gasteiger partial charge is 0.130 e. The zero-order valence-electron chi connectivity index (χ0n) is 36.0. The third-order valence-electron chi connectivity index (χ3n) is 14.8. The summed E-state index contributed by atoms with van der Waals surface area (Å²) < 4.78 is 0. The van der Waals surface area contributed by atoms with Crippen molar-refractivity contribution in [2.75, 3.05) is 10.2 Å². The minimum Gasteiger partial charge on any atom is -0.359 e. The van der Waals surface area contributed by atoms with Crippen LogP contribution in [0.4, 0.5) is 11.4 Å². The molecule has 0 fully saturated rings. The molecule has 0 radical (unpaired) electrons. The lowest BCUT2D eigenvalue weighted by Gasteiger charge is -2.49. The molecule has 9 aromatic carbocycles. The first kappa shape index (κ1) is 37.6. The second-order valence-corrected chi connectivity index (χ2v) is 17.9. The van der Waals surface area contributed by atoms with Crippen molar-refractivity contribution in [3.05, 3.63) is 304 Å². The van der Waals surface area contributed by atoms with E-state index in [-0.39, 0.29) is 6.17 Å². The number of anilines is 2. The van der Waals surface area contributed by atoms with Crippen LogP contribution in [0.15, 0.2) is 248 Å². The number of nitrogens with zero attached hydrogens (tertiary/aromatic N) is 1. The van der Waals surface area contributed by atoms with E-state index >= 15 is 0 Å². The van der Waals surface area contributed by atoms with Crippen molar-refractivity contribution in [3.63, 3.8) is 0 Å². The average molecular weight is 831 g/mol. The fourth-order valence-electron chi connectivity index (χ4n) is 12.1. The Labute approximate surface area is 381 Å². The maximum atomic E-state index is 3.89. The van der Waals surface area contributed by atoms with Gasteiger partial charge in [-0.1, -0.05) is 218 Å². The maximum absolute atomic E-state index is 3.89. The molecule has 0 spiro atoms. The Bertz CT molecular complexity index is 3350. The lowest BCUT2D eigenvalue weighted by atomic mass is 9.51. The molecule has 0 aromatic heterocycles. The fourth-order valence-corrected chi connectivity index (χ4v) is 12.1. The van der Waals surface area contributed by atoms with E-state index in [1.54, 1.807) is 0 Å². The van der Waals surface area contributed by atoms with Crippen LogP contribution in [0, 0.1) is 0 Å². The zero-order valence-corrected chi connectivity index (χ0v) is 36.0. The highest BCUT2D eigenvalue weighted by molar-refractivity contribution is 5.92. The van der Waals surface area contributed by atoms with Gasteiger partial charge in [0.15, 0.2) is 0 Å².